The van der Waals surface area contributed by atoms with E-state index >= 15 is 0 Å². The summed E-state index contributed by atoms with van der Waals surface area (Å²) in [5.74, 6) is -1.20. The molecule has 0 spiro atoms. The molecule has 1 heterocycles. The normalized spacial score (nSPS) is 21.9. The van der Waals surface area contributed by atoms with Crippen LogP contribution in [0.15, 0.2) is 0 Å². The molecular formula is C14H24N2O5. The molecule has 1 rings (SSSR count). The Labute approximate surface area is 124 Å². The van der Waals surface area contributed by atoms with E-state index in [-0.39, 0.29) is 24.7 Å². The summed E-state index contributed by atoms with van der Waals surface area (Å²) in [4.78, 5) is 35.6. The van der Waals surface area contributed by atoms with Crippen molar-refractivity contribution in [2.24, 2.45) is 0 Å². The highest BCUT2D eigenvalue weighted by atomic mass is 16.5. The maximum absolute atomic E-state index is 12.0. The predicted octanol–water partition coefficient (Wildman–Crippen LogP) is 0.385. The summed E-state index contributed by atoms with van der Waals surface area (Å²) in [6.45, 7) is 1.03. The first-order valence-electron chi connectivity index (χ1n) is 7.18. The van der Waals surface area contributed by atoms with E-state index in [0.29, 0.717) is 25.9 Å². The van der Waals surface area contributed by atoms with Crippen LogP contribution in [0.4, 0.5) is 0 Å². The highest BCUT2D eigenvalue weighted by Gasteiger charge is 2.37. The van der Waals surface area contributed by atoms with Crippen molar-refractivity contribution >= 4 is 17.8 Å². The summed E-state index contributed by atoms with van der Waals surface area (Å²) in [6, 6.07) is 0. The third kappa shape index (κ3) is 5.34. The van der Waals surface area contributed by atoms with E-state index in [1.807, 2.05) is 0 Å². The Balaban J connectivity index is 2.60. The van der Waals surface area contributed by atoms with Crippen LogP contribution in [0.2, 0.25) is 0 Å². The topological polar surface area (TPSA) is 95.9 Å². The van der Waals surface area contributed by atoms with E-state index in [0.717, 1.165) is 12.8 Å². The van der Waals surface area contributed by atoms with E-state index < -0.39 is 11.6 Å². The van der Waals surface area contributed by atoms with Gasteiger partial charge in [0.15, 0.2) is 0 Å². The summed E-state index contributed by atoms with van der Waals surface area (Å²) in [5, 5.41) is 11.2. The van der Waals surface area contributed by atoms with Gasteiger partial charge in [-0.3, -0.25) is 14.4 Å². The van der Waals surface area contributed by atoms with Gasteiger partial charge in [0.1, 0.15) is 0 Å². The first-order chi connectivity index (χ1) is 9.92. The van der Waals surface area contributed by atoms with Crippen LogP contribution in [0, 0.1) is 0 Å². The Morgan fingerprint density at radius 3 is 2.57 bits per heavy atom. The van der Waals surface area contributed by atoms with Crippen molar-refractivity contribution in [1.82, 2.24) is 10.2 Å². The summed E-state index contributed by atoms with van der Waals surface area (Å²) in [5.41, 5.74) is -0.510. The van der Waals surface area contributed by atoms with Gasteiger partial charge in [0.25, 0.3) is 0 Å². The Morgan fingerprint density at radius 2 is 2.00 bits per heavy atom. The second-order valence-corrected chi connectivity index (χ2v) is 5.37. The van der Waals surface area contributed by atoms with Gasteiger partial charge >= 0.3 is 5.97 Å². The molecule has 21 heavy (non-hydrogen) atoms. The standard InChI is InChI=1S/C14H24N2O5/c1-15-11(17)6-8-14(21-2)7-3-9-16(10-14)12(18)4-5-13(19)20/h3-10H2,1-2H3,(H,15,17)(H,19,20)/t14-/m0/s1. The molecule has 1 atom stereocenters. The summed E-state index contributed by atoms with van der Waals surface area (Å²) in [7, 11) is 3.18. The van der Waals surface area contributed by atoms with Crippen LogP contribution in [0.3, 0.4) is 0 Å². The highest BCUT2D eigenvalue weighted by molar-refractivity contribution is 5.81. The molecule has 120 valence electrons. The third-order valence-corrected chi connectivity index (χ3v) is 3.96. The first kappa shape index (κ1) is 17.4. The Hall–Kier alpha value is -1.63. The average molecular weight is 300 g/mol. The van der Waals surface area contributed by atoms with E-state index in [1.165, 1.54) is 0 Å². The highest BCUT2D eigenvalue weighted by Crippen LogP contribution is 2.29. The zero-order valence-electron chi connectivity index (χ0n) is 12.7. The molecule has 0 bridgehead atoms. The van der Waals surface area contributed by atoms with E-state index in [2.05, 4.69) is 5.32 Å². The maximum atomic E-state index is 12.0. The number of hydrogen-bond acceptors (Lipinski definition) is 4. The fourth-order valence-corrected chi connectivity index (χ4v) is 2.62. The molecule has 1 aliphatic heterocycles. The molecule has 0 aromatic heterocycles. The Morgan fingerprint density at radius 1 is 1.29 bits per heavy atom. The number of carboxylic acids is 1. The van der Waals surface area contributed by atoms with Gasteiger partial charge in [-0.2, -0.15) is 0 Å². The predicted molar refractivity (Wildman–Crippen MR) is 75.7 cm³/mol. The molecule has 1 saturated heterocycles. The first-order valence-corrected chi connectivity index (χ1v) is 7.18. The number of hydrogen-bond donors (Lipinski definition) is 2. The van der Waals surface area contributed by atoms with E-state index in [1.54, 1.807) is 19.1 Å². The molecule has 0 aromatic carbocycles. The SMILES string of the molecule is CNC(=O)CC[C@@]1(OC)CCCN(C(=O)CCC(=O)O)C1. The van der Waals surface area contributed by atoms with Crippen molar-refractivity contribution in [2.45, 2.75) is 44.1 Å². The van der Waals surface area contributed by atoms with Crippen LogP contribution in [0.5, 0.6) is 0 Å². The minimum absolute atomic E-state index is 0.00454. The number of ether oxygens (including phenoxy) is 1. The third-order valence-electron chi connectivity index (χ3n) is 3.96. The molecule has 0 radical (unpaired) electrons. The number of rotatable bonds is 7. The van der Waals surface area contributed by atoms with E-state index in [9.17, 15) is 14.4 Å². The Bertz CT molecular complexity index is 399. The molecule has 0 saturated carbocycles. The quantitative estimate of drug-likeness (QED) is 0.709. The zero-order chi connectivity index (χ0) is 15.9. The Kier molecular flexibility index (Phi) is 6.61. The number of nitrogens with one attached hydrogen (secondary N) is 1. The van der Waals surface area contributed by atoms with Crippen molar-refractivity contribution in [3.8, 4) is 0 Å². The van der Waals surface area contributed by atoms with Crippen molar-refractivity contribution in [3.05, 3.63) is 0 Å². The lowest BCUT2D eigenvalue weighted by molar-refractivity contribution is -0.145. The minimum Gasteiger partial charge on any atom is -0.481 e. The molecule has 7 heteroatoms. The number of amides is 2. The van der Waals surface area contributed by atoms with Gasteiger partial charge in [-0.05, 0) is 19.3 Å². The van der Waals surface area contributed by atoms with Crippen LogP contribution in [-0.4, -0.2) is 60.6 Å². The van der Waals surface area contributed by atoms with Crippen LogP contribution < -0.4 is 5.32 Å². The van der Waals surface area contributed by atoms with Crippen molar-refractivity contribution in [3.63, 3.8) is 0 Å². The summed E-state index contributed by atoms with van der Waals surface area (Å²) >= 11 is 0. The number of aliphatic carboxylic acids is 1. The average Bonchev–Trinajstić information content (AvgIpc) is 2.50. The van der Waals surface area contributed by atoms with Gasteiger partial charge in [-0.25, -0.2) is 0 Å². The number of carbonyl (C=O) groups is 3. The number of methoxy groups -OCH3 is 1. The number of carbonyl (C=O) groups excluding carboxylic acids is 2. The summed E-state index contributed by atoms with van der Waals surface area (Å²) in [6.07, 6.45) is 2.33. The molecule has 0 aliphatic carbocycles. The van der Waals surface area contributed by atoms with Crippen LogP contribution in [-0.2, 0) is 19.1 Å². The largest absolute Gasteiger partial charge is 0.481 e. The van der Waals surface area contributed by atoms with Crippen molar-refractivity contribution < 1.29 is 24.2 Å². The van der Waals surface area contributed by atoms with Gasteiger partial charge in [-0.15, -0.1) is 0 Å². The van der Waals surface area contributed by atoms with Crippen LogP contribution >= 0.6 is 0 Å². The lowest BCUT2D eigenvalue weighted by Gasteiger charge is -2.42. The van der Waals surface area contributed by atoms with Gasteiger partial charge in [0.05, 0.1) is 12.0 Å². The smallest absolute Gasteiger partial charge is 0.303 e. The van der Waals surface area contributed by atoms with Gasteiger partial charge < -0.3 is 20.1 Å². The number of likely N-dealkylation sites (tertiary alicyclic amines) is 1. The molecule has 2 amide bonds. The molecule has 2 N–H and O–H groups in total. The molecule has 1 fully saturated rings. The number of carboxylic acid groups (broad SMARTS) is 1. The summed E-state index contributed by atoms with van der Waals surface area (Å²) < 4.78 is 5.59. The van der Waals surface area contributed by atoms with Gasteiger partial charge in [0.2, 0.25) is 11.8 Å². The van der Waals surface area contributed by atoms with Crippen molar-refractivity contribution in [2.75, 3.05) is 27.2 Å². The van der Waals surface area contributed by atoms with Crippen LogP contribution in [0.1, 0.15) is 38.5 Å². The zero-order valence-corrected chi connectivity index (χ0v) is 12.7. The monoisotopic (exact) mass is 300 g/mol. The molecule has 0 aromatic rings. The van der Waals surface area contributed by atoms with Crippen molar-refractivity contribution in [1.29, 1.82) is 0 Å². The maximum Gasteiger partial charge on any atom is 0.303 e. The molecule has 7 nitrogen and oxygen atoms in total. The molecule has 1 aliphatic rings. The number of piperidine rings is 1. The second-order valence-electron chi connectivity index (χ2n) is 5.37. The second kappa shape index (κ2) is 7.97. The lowest BCUT2D eigenvalue weighted by Crippen LogP contribution is -2.51. The van der Waals surface area contributed by atoms with Gasteiger partial charge in [0, 0.05) is 40.1 Å². The minimum atomic E-state index is -0.974. The lowest BCUT2D eigenvalue weighted by atomic mass is 9.87. The van der Waals surface area contributed by atoms with E-state index in [4.69, 9.17) is 9.84 Å². The number of nitrogens with zero attached hydrogens (tertiary/aromatic N) is 1. The van der Waals surface area contributed by atoms with Gasteiger partial charge in [-0.1, -0.05) is 0 Å². The fourth-order valence-electron chi connectivity index (χ4n) is 2.62. The van der Waals surface area contributed by atoms with Crippen LogP contribution in [0.25, 0.3) is 0 Å². The fraction of sp³-hybridized carbons (Fsp3) is 0.786. The molecule has 0 unspecified atom stereocenters. The molecular weight excluding hydrogens is 276 g/mol.